The number of H-pyrrole nitrogens is 1. The minimum Gasteiger partial charge on any atom is -0.462 e. The zero-order chi connectivity index (χ0) is 22.2. The Kier molecular flexibility index (Phi) is 5.44. The normalized spacial score (nSPS) is 17.8. The van der Waals surface area contributed by atoms with Crippen molar-refractivity contribution >= 4 is 11.7 Å². The van der Waals surface area contributed by atoms with Crippen LogP contribution in [0.5, 0.6) is 0 Å². The zero-order valence-corrected chi connectivity index (χ0v) is 16.7. The van der Waals surface area contributed by atoms with Crippen molar-refractivity contribution in [1.82, 2.24) is 20.1 Å². The summed E-state index contributed by atoms with van der Waals surface area (Å²) in [4.78, 5) is 19.5. The molecule has 1 amide bonds. The van der Waals surface area contributed by atoms with E-state index in [9.17, 15) is 18.0 Å². The molecule has 0 bridgehead atoms. The van der Waals surface area contributed by atoms with Crippen molar-refractivity contribution in [3.63, 3.8) is 0 Å². The van der Waals surface area contributed by atoms with Gasteiger partial charge < -0.3 is 15.1 Å². The van der Waals surface area contributed by atoms with Gasteiger partial charge in [0.05, 0.1) is 17.3 Å². The maximum Gasteiger partial charge on any atom is 0.417 e. The molecule has 164 valence electrons. The van der Waals surface area contributed by atoms with Gasteiger partial charge in [-0.1, -0.05) is 0 Å². The van der Waals surface area contributed by atoms with Crippen LogP contribution in [0.25, 0.3) is 11.5 Å². The van der Waals surface area contributed by atoms with Crippen LogP contribution in [0.3, 0.4) is 0 Å². The van der Waals surface area contributed by atoms with E-state index in [1.807, 2.05) is 11.8 Å². The van der Waals surface area contributed by atoms with E-state index in [1.54, 1.807) is 12.3 Å². The molecule has 1 aliphatic rings. The van der Waals surface area contributed by atoms with Crippen LogP contribution in [0, 0.1) is 0 Å². The molecule has 1 atom stereocenters. The highest BCUT2D eigenvalue weighted by atomic mass is 19.4. The number of aromatic nitrogens is 3. The number of anilines is 1. The fourth-order valence-electron chi connectivity index (χ4n) is 3.72. The first-order valence-corrected chi connectivity index (χ1v) is 9.65. The first-order valence-electron chi connectivity index (χ1n) is 9.65. The summed E-state index contributed by atoms with van der Waals surface area (Å²) < 4.78 is 43.7. The standard InChI is InChI=1S/C20H21F3N6O2/c1-12-9-28(4-5-29(12)17-3-2-15(8-25-17)20(21,22)23)10-14-7-26-27-18(14)16-6-13(11-31-16)19(24)30/h2-3,6-8,11-12H,4-5,9-10H2,1H3,(H2,24,30)(H,26,27)/t12-/m1/s1. The number of nitrogens with zero attached hydrogens (tertiary/aromatic N) is 4. The highest BCUT2D eigenvalue weighted by Crippen LogP contribution is 2.30. The van der Waals surface area contributed by atoms with Gasteiger partial charge in [0.1, 0.15) is 17.8 Å². The first kappa shape index (κ1) is 20.9. The Morgan fingerprint density at radius 1 is 1.32 bits per heavy atom. The molecule has 0 spiro atoms. The predicted octanol–water partition coefficient (Wildman–Crippen LogP) is 2.89. The number of furan rings is 1. The van der Waals surface area contributed by atoms with Crippen molar-refractivity contribution in [2.24, 2.45) is 5.73 Å². The number of pyridine rings is 1. The van der Waals surface area contributed by atoms with Gasteiger partial charge in [0.15, 0.2) is 5.76 Å². The van der Waals surface area contributed by atoms with E-state index in [0.29, 0.717) is 43.5 Å². The Morgan fingerprint density at radius 3 is 2.74 bits per heavy atom. The summed E-state index contributed by atoms with van der Waals surface area (Å²) in [6.45, 7) is 4.62. The smallest absolute Gasteiger partial charge is 0.417 e. The van der Waals surface area contributed by atoms with Crippen LogP contribution in [0.4, 0.5) is 19.0 Å². The fraction of sp³-hybridized carbons (Fsp3) is 0.350. The third kappa shape index (κ3) is 4.41. The summed E-state index contributed by atoms with van der Waals surface area (Å²) in [6, 6.07) is 4.09. The predicted molar refractivity (Wildman–Crippen MR) is 106 cm³/mol. The quantitative estimate of drug-likeness (QED) is 0.640. The van der Waals surface area contributed by atoms with Crippen molar-refractivity contribution in [2.45, 2.75) is 25.7 Å². The number of primary amides is 1. The Balaban J connectivity index is 1.42. The first-order chi connectivity index (χ1) is 14.7. The molecule has 0 aromatic carbocycles. The molecule has 0 saturated carbocycles. The van der Waals surface area contributed by atoms with E-state index in [2.05, 4.69) is 20.1 Å². The van der Waals surface area contributed by atoms with Crippen molar-refractivity contribution in [3.05, 3.63) is 53.5 Å². The molecular weight excluding hydrogens is 413 g/mol. The lowest BCUT2D eigenvalue weighted by molar-refractivity contribution is -0.137. The minimum atomic E-state index is -4.40. The van der Waals surface area contributed by atoms with Crippen LogP contribution in [-0.2, 0) is 12.7 Å². The molecule has 1 aliphatic heterocycles. The molecule has 0 radical (unpaired) electrons. The molecule has 31 heavy (non-hydrogen) atoms. The second-order valence-electron chi connectivity index (χ2n) is 7.51. The number of nitrogens with one attached hydrogen (secondary N) is 1. The second-order valence-corrected chi connectivity index (χ2v) is 7.51. The van der Waals surface area contributed by atoms with Crippen molar-refractivity contribution < 1.29 is 22.4 Å². The van der Waals surface area contributed by atoms with E-state index in [1.165, 1.54) is 12.3 Å². The fourth-order valence-corrected chi connectivity index (χ4v) is 3.72. The monoisotopic (exact) mass is 434 g/mol. The van der Waals surface area contributed by atoms with Gasteiger partial charge in [0.2, 0.25) is 0 Å². The van der Waals surface area contributed by atoms with Crippen molar-refractivity contribution in [1.29, 1.82) is 0 Å². The number of alkyl halides is 3. The minimum absolute atomic E-state index is 0.0541. The maximum absolute atomic E-state index is 12.8. The van der Waals surface area contributed by atoms with Crippen LogP contribution >= 0.6 is 0 Å². The summed E-state index contributed by atoms with van der Waals surface area (Å²) >= 11 is 0. The number of hydrogen-bond acceptors (Lipinski definition) is 6. The van der Waals surface area contributed by atoms with Gasteiger partial charge in [-0.25, -0.2) is 4.98 Å². The van der Waals surface area contributed by atoms with Crippen LogP contribution in [-0.4, -0.2) is 51.7 Å². The topological polar surface area (TPSA) is 104 Å². The third-order valence-electron chi connectivity index (χ3n) is 5.32. The third-order valence-corrected chi connectivity index (χ3v) is 5.32. The number of aromatic amines is 1. The lowest BCUT2D eigenvalue weighted by Crippen LogP contribution is -2.51. The molecular formula is C20H21F3N6O2. The number of rotatable bonds is 5. The summed E-state index contributed by atoms with van der Waals surface area (Å²) in [7, 11) is 0. The molecule has 1 saturated heterocycles. The average molecular weight is 434 g/mol. The number of carbonyl (C=O) groups is 1. The number of amides is 1. The van der Waals surface area contributed by atoms with Gasteiger partial charge >= 0.3 is 6.18 Å². The van der Waals surface area contributed by atoms with Gasteiger partial charge in [-0.05, 0) is 25.1 Å². The maximum atomic E-state index is 12.8. The molecule has 4 rings (SSSR count). The molecule has 0 aliphatic carbocycles. The molecule has 11 heteroatoms. The van der Waals surface area contributed by atoms with Crippen molar-refractivity contribution in [3.8, 4) is 11.5 Å². The zero-order valence-electron chi connectivity index (χ0n) is 16.7. The van der Waals surface area contributed by atoms with Gasteiger partial charge in [0, 0.05) is 44.0 Å². The van der Waals surface area contributed by atoms with E-state index in [-0.39, 0.29) is 11.6 Å². The lowest BCUT2D eigenvalue weighted by atomic mass is 10.1. The van der Waals surface area contributed by atoms with E-state index in [4.69, 9.17) is 10.2 Å². The van der Waals surface area contributed by atoms with E-state index in [0.717, 1.165) is 17.8 Å². The molecule has 1 fully saturated rings. The van der Waals surface area contributed by atoms with Crippen LogP contribution in [0.2, 0.25) is 0 Å². The molecule has 4 heterocycles. The van der Waals surface area contributed by atoms with Crippen LogP contribution < -0.4 is 10.6 Å². The van der Waals surface area contributed by atoms with E-state index >= 15 is 0 Å². The van der Waals surface area contributed by atoms with Crippen LogP contribution in [0.1, 0.15) is 28.4 Å². The highest BCUT2D eigenvalue weighted by molar-refractivity contribution is 5.93. The largest absolute Gasteiger partial charge is 0.462 e. The lowest BCUT2D eigenvalue weighted by Gasteiger charge is -2.40. The summed E-state index contributed by atoms with van der Waals surface area (Å²) in [5, 5.41) is 6.98. The Morgan fingerprint density at radius 2 is 2.13 bits per heavy atom. The van der Waals surface area contributed by atoms with Gasteiger partial charge in [0.25, 0.3) is 5.91 Å². The Labute approximate surface area is 175 Å². The summed E-state index contributed by atoms with van der Waals surface area (Å²) in [6.07, 6.45) is -0.517. The highest BCUT2D eigenvalue weighted by Gasteiger charge is 2.32. The number of halogens is 3. The summed E-state index contributed by atoms with van der Waals surface area (Å²) in [5.41, 5.74) is 6.37. The Hall–Kier alpha value is -3.34. The van der Waals surface area contributed by atoms with Gasteiger partial charge in [-0.2, -0.15) is 18.3 Å². The molecule has 3 N–H and O–H groups in total. The summed E-state index contributed by atoms with van der Waals surface area (Å²) in [5.74, 6) is 0.429. The van der Waals surface area contributed by atoms with Crippen LogP contribution in [0.15, 0.2) is 41.3 Å². The molecule has 8 nitrogen and oxygen atoms in total. The number of carbonyl (C=O) groups excluding carboxylic acids is 1. The second kappa shape index (κ2) is 8.06. The van der Waals surface area contributed by atoms with Crippen molar-refractivity contribution in [2.75, 3.05) is 24.5 Å². The molecule has 3 aromatic heterocycles. The number of piperazine rings is 1. The van der Waals surface area contributed by atoms with Gasteiger partial charge in [-0.15, -0.1) is 0 Å². The number of nitrogens with two attached hydrogens (primary N) is 1. The number of hydrogen-bond donors (Lipinski definition) is 2. The average Bonchev–Trinajstić information content (AvgIpc) is 3.37. The molecule has 0 unspecified atom stereocenters. The SMILES string of the molecule is C[C@@H]1CN(Cc2cn[nH]c2-c2cc(C(N)=O)co2)CCN1c1ccc(C(F)(F)F)cn1. The Bertz CT molecular complexity index is 1060. The molecule has 3 aromatic rings. The van der Waals surface area contributed by atoms with Gasteiger partial charge in [-0.3, -0.25) is 14.8 Å². The van der Waals surface area contributed by atoms with E-state index < -0.39 is 17.6 Å².